The summed E-state index contributed by atoms with van der Waals surface area (Å²) in [6, 6.07) is 0. The second-order valence-corrected chi connectivity index (χ2v) is 3.21. The third-order valence-corrected chi connectivity index (χ3v) is 1.30. The Morgan fingerprint density at radius 3 is 0.760 bits per heavy atom. The number of carbonyl (C=O) groups excluding carboxylic acids is 4. The molecule has 0 saturated heterocycles. The van der Waals surface area contributed by atoms with Crippen LogP contribution in [-0.4, -0.2) is 78.1 Å². The standard InChI is InChI=1S/2C5H6O4.Ni.6H2O/c2*1-3(6)2-4(7)5(8)9;;;;;;;/h2*2H2,1H3,(H,8,9);;6*1H2. The smallest absolute Gasteiger partial charge is 0.372 e. The number of carboxylic acids is 2. The van der Waals surface area contributed by atoms with E-state index in [2.05, 4.69) is 0 Å². The molecule has 0 aliphatic rings. The van der Waals surface area contributed by atoms with Crippen molar-refractivity contribution >= 4 is 35.1 Å². The van der Waals surface area contributed by atoms with E-state index < -0.39 is 47.9 Å². The van der Waals surface area contributed by atoms with E-state index in [4.69, 9.17) is 10.2 Å². The number of Topliss-reactive ketones (excluding diaryl/α,β-unsaturated/α-hetero) is 4. The van der Waals surface area contributed by atoms with E-state index in [9.17, 15) is 28.8 Å². The van der Waals surface area contributed by atoms with E-state index in [0.717, 1.165) is 0 Å². The fourth-order valence-electron chi connectivity index (χ4n) is 0.603. The molecule has 0 rings (SSSR count). The molecule has 14 nitrogen and oxygen atoms in total. The van der Waals surface area contributed by atoms with Crippen LogP contribution in [0.5, 0.6) is 0 Å². The van der Waals surface area contributed by atoms with Gasteiger partial charge in [0, 0.05) is 16.5 Å². The molecule has 0 aromatic heterocycles. The Bertz CT molecular complexity index is 366. The number of rotatable bonds is 6. The van der Waals surface area contributed by atoms with Gasteiger partial charge in [-0.3, -0.25) is 19.2 Å². The van der Waals surface area contributed by atoms with E-state index in [-0.39, 0.29) is 49.3 Å². The maximum Gasteiger partial charge on any atom is 0.372 e. The number of hydrogen-bond acceptors (Lipinski definition) is 6. The minimum Gasteiger partial charge on any atom is -0.475 e. The zero-order valence-corrected chi connectivity index (χ0v) is 14.1. The van der Waals surface area contributed by atoms with Crippen molar-refractivity contribution in [3.63, 3.8) is 0 Å². The van der Waals surface area contributed by atoms with Crippen molar-refractivity contribution in [3.8, 4) is 0 Å². The van der Waals surface area contributed by atoms with Gasteiger partial charge in [0.1, 0.15) is 11.6 Å². The van der Waals surface area contributed by atoms with E-state index in [0.29, 0.717) is 0 Å². The minimum atomic E-state index is -1.55. The monoisotopic (exact) mass is 426 g/mol. The molecule has 0 radical (unpaired) electrons. The molecule has 158 valence electrons. The van der Waals surface area contributed by atoms with Gasteiger partial charge in [0.05, 0.1) is 12.8 Å². The van der Waals surface area contributed by atoms with Crippen molar-refractivity contribution < 1.29 is 88.3 Å². The van der Waals surface area contributed by atoms with Gasteiger partial charge in [-0.1, -0.05) is 0 Å². The molecule has 0 aromatic rings. The van der Waals surface area contributed by atoms with Crippen LogP contribution in [0.4, 0.5) is 0 Å². The SMILES string of the molecule is CC(=O)CC(=O)C(=O)O.CC(=O)CC(=O)C(=O)O.O.O.O.O.O.O.[Ni]. The molecule has 0 heterocycles. The molecule has 15 heteroatoms. The summed E-state index contributed by atoms with van der Waals surface area (Å²) in [6.07, 6.45) is -1.01. The Morgan fingerprint density at radius 2 is 0.720 bits per heavy atom. The van der Waals surface area contributed by atoms with Gasteiger partial charge in [-0.05, 0) is 13.8 Å². The minimum absolute atomic E-state index is 0. The number of carboxylic acid groups (broad SMARTS) is 2. The molecule has 25 heavy (non-hydrogen) atoms. The normalized spacial score (nSPS) is 6.16. The fraction of sp³-hybridized carbons (Fsp3) is 0.400. The molecule has 0 atom stereocenters. The van der Waals surface area contributed by atoms with Crippen LogP contribution in [0, 0.1) is 0 Å². The molecule has 0 aromatic carbocycles. The van der Waals surface area contributed by atoms with Gasteiger partial charge in [-0.25, -0.2) is 9.59 Å². The summed E-state index contributed by atoms with van der Waals surface area (Å²) in [4.78, 5) is 59.9. The van der Waals surface area contributed by atoms with Crippen LogP contribution in [-0.2, 0) is 45.3 Å². The van der Waals surface area contributed by atoms with Crippen LogP contribution < -0.4 is 0 Å². The predicted octanol–water partition coefficient (Wildman–Crippen LogP) is -5.71. The summed E-state index contributed by atoms with van der Waals surface area (Å²) in [5, 5.41) is 15.9. The summed E-state index contributed by atoms with van der Waals surface area (Å²) >= 11 is 0. The zero-order valence-electron chi connectivity index (χ0n) is 13.1. The third-order valence-electron chi connectivity index (χ3n) is 1.30. The first kappa shape index (κ1) is 56.9. The molecular weight excluding hydrogens is 403 g/mol. The van der Waals surface area contributed by atoms with Crippen molar-refractivity contribution in [2.24, 2.45) is 0 Å². The van der Waals surface area contributed by atoms with Crippen molar-refractivity contribution in [1.29, 1.82) is 0 Å². The first-order chi connectivity index (χ1) is 8.07. The molecule has 0 unspecified atom stereocenters. The topological polar surface area (TPSA) is 332 Å². The Kier molecular flexibility index (Phi) is 67.8. The second-order valence-electron chi connectivity index (χ2n) is 3.21. The molecule has 0 spiro atoms. The molecule has 0 saturated carbocycles. The summed E-state index contributed by atoms with van der Waals surface area (Å²) in [7, 11) is 0. The molecule has 0 bridgehead atoms. The summed E-state index contributed by atoms with van der Waals surface area (Å²) in [5.41, 5.74) is 0. The Labute approximate surface area is 151 Å². The molecule has 0 fully saturated rings. The van der Waals surface area contributed by atoms with Gasteiger partial charge in [-0.2, -0.15) is 0 Å². The maximum absolute atomic E-state index is 10.1. The number of carbonyl (C=O) groups is 6. The van der Waals surface area contributed by atoms with E-state index >= 15 is 0 Å². The van der Waals surface area contributed by atoms with Gasteiger partial charge in [-0.15, -0.1) is 0 Å². The Balaban J connectivity index is -0.0000000229. The number of hydrogen-bond donors (Lipinski definition) is 2. The van der Waals surface area contributed by atoms with Crippen LogP contribution in [0.3, 0.4) is 0 Å². The van der Waals surface area contributed by atoms with Crippen molar-refractivity contribution in [2.75, 3.05) is 0 Å². The van der Waals surface area contributed by atoms with E-state index in [1.165, 1.54) is 13.8 Å². The van der Waals surface area contributed by atoms with Crippen LogP contribution in [0.25, 0.3) is 0 Å². The first-order valence-corrected chi connectivity index (χ1v) is 4.59. The van der Waals surface area contributed by atoms with Gasteiger partial charge >= 0.3 is 11.9 Å². The Hall–Kier alpha value is -2.13. The first-order valence-electron chi connectivity index (χ1n) is 4.59. The van der Waals surface area contributed by atoms with Crippen molar-refractivity contribution in [2.45, 2.75) is 26.7 Å². The van der Waals surface area contributed by atoms with Crippen LogP contribution >= 0.6 is 0 Å². The molecule has 0 aliphatic heterocycles. The fourth-order valence-corrected chi connectivity index (χ4v) is 0.603. The van der Waals surface area contributed by atoms with E-state index in [1.54, 1.807) is 0 Å². The van der Waals surface area contributed by atoms with Gasteiger partial charge in [0.2, 0.25) is 11.6 Å². The number of aliphatic carboxylic acids is 2. The predicted molar refractivity (Wildman–Crippen MR) is 77.6 cm³/mol. The molecule has 0 amide bonds. The second kappa shape index (κ2) is 29.8. The summed E-state index contributed by atoms with van der Waals surface area (Å²) in [6.45, 7) is 2.33. The van der Waals surface area contributed by atoms with Gasteiger partial charge in [0.15, 0.2) is 0 Å². The third kappa shape index (κ3) is 44.9. The molecular formula is C10H24NiO14. The zero-order chi connectivity index (χ0) is 14.9. The average Bonchev–Trinajstić information content (AvgIpc) is 2.16. The average molecular weight is 427 g/mol. The van der Waals surface area contributed by atoms with Crippen LogP contribution in [0.2, 0.25) is 0 Å². The maximum atomic E-state index is 10.1. The Morgan fingerprint density at radius 1 is 0.560 bits per heavy atom. The van der Waals surface area contributed by atoms with Crippen molar-refractivity contribution in [1.82, 2.24) is 0 Å². The summed E-state index contributed by atoms with van der Waals surface area (Å²) < 4.78 is 0. The quantitative estimate of drug-likeness (QED) is 0.233. The molecule has 14 N–H and O–H groups in total. The van der Waals surface area contributed by atoms with Crippen molar-refractivity contribution in [3.05, 3.63) is 0 Å². The van der Waals surface area contributed by atoms with Crippen LogP contribution in [0.1, 0.15) is 26.7 Å². The van der Waals surface area contributed by atoms with Gasteiger partial charge in [0.25, 0.3) is 0 Å². The molecule has 0 aliphatic carbocycles. The van der Waals surface area contributed by atoms with Gasteiger partial charge < -0.3 is 43.1 Å². The number of ketones is 4. The largest absolute Gasteiger partial charge is 0.475 e. The summed E-state index contributed by atoms with van der Waals surface area (Å²) in [5.74, 6) is -6.06. The van der Waals surface area contributed by atoms with Crippen LogP contribution in [0.15, 0.2) is 0 Å². The van der Waals surface area contributed by atoms with E-state index in [1.807, 2.05) is 0 Å².